The van der Waals surface area contributed by atoms with Crippen molar-refractivity contribution in [3.63, 3.8) is 0 Å². The third-order valence-electron chi connectivity index (χ3n) is 7.02. The zero-order valence-corrected chi connectivity index (χ0v) is 16.3. The molecule has 3 heterocycles. The third-order valence-corrected chi connectivity index (χ3v) is 7.02. The number of piperidine rings is 1. The number of fused-ring (bicyclic) bond motifs is 6. The number of aliphatic hydroxyl groups excluding tert-OH is 1. The number of hydrogen-bond acceptors (Lipinski definition) is 4. The van der Waals surface area contributed by atoms with Crippen molar-refractivity contribution in [2.75, 3.05) is 20.2 Å². The fraction of sp³-hybridized carbons (Fsp3) is 0.571. The monoisotopic (exact) mass is 390 g/mol. The molecule has 2 fully saturated rings. The van der Waals surface area contributed by atoms with Crippen LogP contribution in [0, 0.1) is 17.8 Å². The number of nitrogens with one attached hydrogen (secondary N) is 1. The van der Waals surface area contributed by atoms with Crippen LogP contribution in [-0.4, -0.2) is 47.3 Å². The van der Waals surface area contributed by atoms with E-state index in [0.717, 1.165) is 32.4 Å². The molecule has 1 aromatic carbocycles. The Morgan fingerprint density at radius 3 is 2.96 bits per heavy atom. The normalized spacial score (nSPS) is 32.7. The van der Waals surface area contributed by atoms with E-state index in [4.69, 9.17) is 4.74 Å². The van der Waals surface area contributed by atoms with Crippen LogP contribution in [0.2, 0.25) is 0 Å². The fourth-order valence-corrected chi connectivity index (χ4v) is 5.80. The molecule has 5 atom stereocenters. The highest BCUT2D eigenvalue weighted by molar-refractivity contribution is 5.85. The summed E-state index contributed by atoms with van der Waals surface area (Å²) in [5, 5.41) is 11.8. The summed E-state index contributed by atoms with van der Waals surface area (Å²) in [6.45, 7) is 2.10. The van der Waals surface area contributed by atoms with Crippen LogP contribution in [0.1, 0.15) is 38.0 Å². The lowest BCUT2D eigenvalue weighted by molar-refractivity contribution is -0.160. The van der Waals surface area contributed by atoms with Gasteiger partial charge >= 0.3 is 7.40 Å². The number of H-pyrrole nitrogens is 1. The number of carbonyl (C=O) groups excluding carboxylic acids is 1. The number of aromatic amines is 1. The van der Waals surface area contributed by atoms with Gasteiger partial charge in [0.05, 0.1) is 25.2 Å². The molecule has 0 radical (unpaired) electrons. The summed E-state index contributed by atoms with van der Waals surface area (Å²) in [5.74, 6) is 0.0541. The van der Waals surface area contributed by atoms with Crippen molar-refractivity contribution in [3.8, 4) is 0 Å². The largest absolute Gasteiger partial charge is 1.00 e. The number of ether oxygens (including phenoxy) is 1. The molecular formula is C21H27ClN2O3. The van der Waals surface area contributed by atoms with E-state index in [1.807, 2.05) is 0 Å². The zero-order chi connectivity index (χ0) is 17.8. The molecule has 6 heteroatoms. The molecule has 2 aromatic rings. The quantitative estimate of drug-likeness (QED) is 0.660. The molecule has 2 aliphatic heterocycles. The summed E-state index contributed by atoms with van der Waals surface area (Å²) in [4.78, 5) is 18.6. The van der Waals surface area contributed by atoms with Gasteiger partial charge in [-0.2, -0.15) is 0 Å². The number of nitrogens with zero attached hydrogens (tertiary/aromatic N) is 1. The highest BCUT2D eigenvalue weighted by Gasteiger charge is 2.49. The SMILES string of the molecule is COC(=O)[C@@H]1[C@H]2C[C@H]3c4[nH]c5ccccc5c4CCN3C[C@@H]2CC[C@@H]1O.[Cl-].[H+]. The Bertz CT molecular complexity index is 857. The average Bonchev–Trinajstić information content (AvgIpc) is 3.05. The number of carbonyl (C=O) groups is 1. The first kappa shape index (κ1) is 18.8. The van der Waals surface area contributed by atoms with Gasteiger partial charge in [-0.05, 0) is 49.1 Å². The number of hydrogen-bond donors (Lipinski definition) is 2. The van der Waals surface area contributed by atoms with E-state index in [1.165, 1.54) is 29.3 Å². The number of aliphatic hydroxyl groups is 1. The van der Waals surface area contributed by atoms with Crippen LogP contribution in [0.3, 0.4) is 0 Å². The molecule has 0 unspecified atom stereocenters. The van der Waals surface area contributed by atoms with E-state index in [-0.39, 0.29) is 31.6 Å². The number of halogens is 1. The van der Waals surface area contributed by atoms with Crippen molar-refractivity contribution in [2.24, 2.45) is 17.8 Å². The molecule has 146 valence electrons. The van der Waals surface area contributed by atoms with Gasteiger partial charge in [0.2, 0.25) is 0 Å². The standard InChI is InChI=1S/C21H26N2O3.ClH/c1-26-21(25)19-15-10-17-20-14(13-4-2-3-5-16(13)22-20)8-9-23(17)11-12(15)6-7-18(19)24;/h2-5,12,15,17-19,22,24H,6-11H2,1H3;1H/t12-,15-,17-,18-,19+;/m0./s1. The van der Waals surface area contributed by atoms with Crippen LogP contribution >= 0.6 is 0 Å². The molecule has 3 aliphatic rings. The predicted molar refractivity (Wildman–Crippen MR) is 99.8 cm³/mol. The van der Waals surface area contributed by atoms with Gasteiger partial charge in [0.1, 0.15) is 0 Å². The average molecular weight is 391 g/mol. The smallest absolute Gasteiger partial charge is 1.00 e. The zero-order valence-electron chi connectivity index (χ0n) is 16.5. The van der Waals surface area contributed by atoms with Gasteiger partial charge in [0, 0.05) is 29.7 Å². The molecule has 5 nitrogen and oxygen atoms in total. The van der Waals surface area contributed by atoms with Crippen LogP contribution in [-0.2, 0) is 16.0 Å². The maximum Gasteiger partial charge on any atom is 1.00 e. The summed E-state index contributed by atoms with van der Waals surface area (Å²) in [5.41, 5.74) is 3.96. The Kier molecular flexibility index (Phi) is 4.95. The summed E-state index contributed by atoms with van der Waals surface area (Å²) in [7, 11) is 1.43. The Labute approximate surface area is 167 Å². The molecule has 1 saturated carbocycles. The Morgan fingerprint density at radius 1 is 1.33 bits per heavy atom. The number of methoxy groups -OCH3 is 1. The van der Waals surface area contributed by atoms with Gasteiger partial charge in [-0.3, -0.25) is 9.69 Å². The first-order chi connectivity index (χ1) is 12.7. The highest BCUT2D eigenvalue weighted by Crippen LogP contribution is 2.49. The minimum Gasteiger partial charge on any atom is -1.00 e. The van der Waals surface area contributed by atoms with Crippen molar-refractivity contribution in [1.82, 2.24) is 9.88 Å². The molecule has 1 aromatic heterocycles. The summed E-state index contributed by atoms with van der Waals surface area (Å²) in [6, 6.07) is 8.83. The Morgan fingerprint density at radius 2 is 2.15 bits per heavy atom. The summed E-state index contributed by atoms with van der Waals surface area (Å²) >= 11 is 0. The van der Waals surface area contributed by atoms with Gasteiger partial charge < -0.3 is 27.2 Å². The molecule has 27 heavy (non-hydrogen) atoms. The maximum absolute atomic E-state index is 12.4. The molecule has 0 amide bonds. The van der Waals surface area contributed by atoms with Gasteiger partial charge in [0.25, 0.3) is 0 Å². The molecule has 2 N–H and O–H groups in total. The minimum atomic E-state index is -0.568. The van der Waals surface area contributed by atoms with Gasteiger partial charge in [0.15, 0.2) is 0 Å². The third kappa shape index (κ3) is 2.87. The first-order valence-electron chi connectivity index (χ1n) is 9.76. The van der Waals surface area contributed by atoms with Crippen LogP contribution in [0.25, 0.3) is 10.9 Å². The van der Waals surface area contributed by atoms with E-state index in [0.29, 0.717) is 18.4 Å². The molecule has 1 saturated heterocycles. The highest BCUT2D eigenvalue weighted by atomic mass is 35.5. The lowest BCUT2D eigenvalue weighted by atomic mass is 9.65. The number of benzene rings is 1. The number of para-hydroxylation sites is 1. The maximum atomic E-state index is 12.4. The van der Waals surface area contributed by atoms with Crippen molar-refractivity contribution in [3.05, 3.63) is 35.5 Å². The molecule has 5 rings (SSSR count). The predicted octanol–water partition coefficient (Wildman–Crippen LogP) is -0.236. The van der Waals surface area contributed by atoms with Gasteiger partial charge in [-0.25, -0.2) is 0 Å². The number of rotatable bonds is 1. The second-order valence-electron chi connectivity index (χ2n) is 8.18. The second kappa shape index (κ2) is 7.12. The topological polar surface area (TPSA) is 65.6 Å². The van der Waals surface area contributed by atoms with E-state index in [2.05, 4.69) is 34.1 Å². The van der Waals surface area contributed by atoms with Crippen LogP contribution in [0.5, 0.6) is 0 Å². The van der Waals surface area contributed by atoms with Crippen molar-refractivity contribution in [1.29, 1.82) is 0 Å². The lowest BCUT2D eigenvalue weighted by Gasteiger charge is -2.50. The Balaban J connectivity index is 0.00000112. The van der Waals surface area contributed by atoms with E-state index < -0.39 is 6.10 Å². The van der Waals surface area contributed by atoms with Crippen LogP contribution in [0.15, 0.2) is 24.3 Å². The van der Waals surface area contributed by atoms with Crippen molar-refractivity contribution in [2.45, 2.75) is 37.8 Å². The van der Waals surface area contributed by atoms with Gasteiger partial charge in [-0.15, -0.1) is 0 Å². The van der Waals surface area contributed by atoms with E-state index in [1.54, 1.807) is 0 Å². The van der Waals surface area contributed by atoms with Crippen LogP contribution in [0.4, 0.5) is 0 Å². The summed E-state index contributed by atoms with van der Waals surface area (Å²) in [6.07, 6.45) is 3.14. The van der Waals surface area contributed by atoms with Crippen molar-refractivity contribution < 1.29 is 28.5 Å². The molecule has 0 bridgehead atoms. The lowest BCUT2D eigenvalue weighted by Crippen LogP contribution is -3.00. The van der Waals surface area contributed by atoms with E-state index in [9.17, 15) is 9.90 Å². The van der Waals surface area contributed by atoms with E-state index >= 15 is 0 Å². The first-order valence-corrected chi connectivity index (χ1v) is 9.76. The Hall–Kier alpha value is -1.56. The molecule has 0 spiro atoms. The molecule has 1 aliphatic carbocycles. The fourth-order valence-electron chi connectivity index (χ4n) is 5.80. The van der Waals surface area contributed by atoms with Gasteiger partial charge in [-0.1, -0.05) is 18.2 Å². The summed E-state index contributed by atoms with van der Waals surface area (Å²) < 4.78 is 5.04. The van der Waals surface area contributed by atoms with Crippen molar-refractivity contribution >= 4 is 16.9 Å². The molecular weight excluding hydrogens is 364 g/mol. The second-order valence-corrected chi connectivity index (χ2v) is 8.18. The number of esters is 1. The van der Waals surface area contributed by atoms with Crippen LogP contribution < -0.4 is 12.4 Å². The minimum absolute atomic E-state index is 0. The number of aromatic nitrogens is 1.